The highest BCUT2D eigenvalue weighted by Gasteiger charge is 2.44. The first-order chi connectivity index (χ1) is 31.8. The molecule has 0 N–H and O–H groups in total. The van der Waals surface area contributed by atoms with Crippen molar-refractivity contribution in [1.29, 1.82) is 0 Å². The first-order valence-electron chi connectivity index (χ1n) is 23.5. The predicted octanol–water partition coefficient (Wildman–Crippen LogP) is 15.3. The Labute approximate surface area is 391 Å². The number of nitrogens with zero attached hydrogens (tertiary/aromatic N) is 3. The fourth-order valence-corrected chi connectivity index (χ4v) is 10.5. The van der Waals surface area contributed by atoms with Crippen molar-refractivity contribution >= 4 is 85.1 Å². The number of aryl methyl sites for hydroxylation is 2. The van der Waals surface area contributed by atoms with Gasteiger partial charge in [0, 0.05) is 45.1 Å². The van der Waals surface area contributed by atoms with Gasteiger partial charge in [0.1, 0.15) is 0 Å². The first-order valence-corrected chi connectivity index (χ1v) is 23.5. The van der Waals surface area contributed by atoms with E-state index in [1.165, 1.54) is 83.3 Å². The maximum absolute atomic E-state index is 2.55. The molecule has 9 aromatic carbocycles. The zero-order chi connectivity index (χ0) is 45.5. The van der Waals surface area contributed by atoms with Gasteiger partial charge in [-0.3, -0.25) is 0 Å². The van der Waals surface area contributed by atoms with Gasteiger partial charge >= 0.3 is 0 Å². The summed E-state index contributed by atoms with van der Waals surface area (Å²) in [6.45, 7) is 18.2. The number of anilines is 9. The van der Waals surface area contributed by atoms with E-state index in [0.29, 0.717) is 0 Å². The van der Waals surface area contributed by atoms with Crippen molar-refractivity contribution in [3.63, 3.8) is 0 Å². The summed E-state index contributed by atoms with van der Waals surface area (Å²) >= 11 is 0. The van der Waals surface area contributed by atoms with E-state index in [-0.39, 0.29) is 17.5 Å². The molecule has 0 aromatic heterocycles. The maximum atomic E-state index is 2.55. The third-order valence-corrected chi connectivity index (χ3v) is 13.8. The van der Waals surface area contributed by atoms with Gasteiger partial charge in [-0.1, -0.05) is 186 Å². The van der Waals surface area contributed by atoms with Crippen LogP contribution in [-0.4, -0.2) is 6.71 Å². The lowest BCUT2D eigenvalue weighted by Crippen LogP contribution is -2.61. The third-order valence-electron chi connectivity index (χ3n) is 13.8. The summed E-state index contributed by atoms with van der Waals surface area (Å²) in [6, 6.07) is 73.0. The smallest absolute Gasteiger partial charge is 0.252 e. The zero-order valence-corrected chi connectivity index (χ0v) is 39.4. The molecule has 0 aliphatic carbocycles. The van der Waals surface area contributed by atoms with Crippen molar-refractivity contribution in [2.45, 2.75) is 66.2 Å². The number of fused-ring (bicyclic) bond motifs is 5. The van der Waals surface area contributed by atoms with Gasteiger partial charge in [-0.25, -0.2) is 0 Å². The van der Waals surface area contributed by atoms with Crippen LogP contribution in [0.2, 0.25) is 0 Å². The number of hydrogen-bond donors (Lipinski definition) is 0. The molecule has 0 radical (unpaired) electrons. The van der Waals surface area contributed by atoms with Crippen LogP contribution in [-0.2, 0) is 10.8 Å². The molecule has 2 aliphatic heterocycles. The summed E-state index contributed by atoms with van der Waals surface area (Å²) in [7, 11) is 0. The van der Waals surface area contributed by atoms with Crippen molar-refractivity contribution in [2.75, 3.05) is 14.7 Å². The van der Waals surface area contributed by atoms with Gasteiger partial charge in [-0.05, 0) is 124 Å². The van der Waals surface area contributed by atoms with E-state index >= 15 is 0 Å². The average Bonchev–Trinajstić information content (AvgIpc) is 3.32. The van der Waals surface area contributed by atoms with Gasteiger partial charge in [0.05, 0.1) is 17.1 Å². The molecule has 4 heteroatoms. The van der Waals surface area contributed by atoms with Crippen molar-refractivity contribution in [1.82, 2.24) is 0 Å². The number of benzene rings is 9. The highest BCUT2D eigenvalue weighted by molar-refractivity contribution is 7.00. The van der Waals surface area contributed by atoms with Gasteiger partial charge in [-0.2, -0.15) is 0 Å². The van der Waals surface area contributed by atoms with Gasteiger partial charge < -0.3 is 14.7 Å². The van der Waals surface area contributed by atoms with E-state index in [1.807, 2.05) is 0 Å². The van der Waals surface area contributed by atoms with E-state index in [9.17, 15) is 0 Å². The maximum Gasteiger partial charge on any atom is 0.252 e. The molecule has 0 saturated carbocycles. The van der Waals surface area contributed by atoms with Crippen LogP contribution in [0.4, 0.5) is 51.2 Å². The van der Waals surface area contributed by atoms with Crippen LogP contribution in [0.1, 0.15) is 63.8 Å². The minimum atomic E-state index is 0.00616. The standard InChI is InChI=1S/C62H56BN3/c1-41-25-35-56-52(37-41)63-53-38-42(2)26-36-57(53)65(48-33-29-46(30-34-48)62(6,7)8)59-40-49(39-58(60(59)63)64(56)47-31-27-45(28-32-47)61(3,4)5)66(55-24-16-20-44-19-12-13-21-51(44)55)54-23-15-14-22-50(54)43-17-10-9-11-18-43/h9-40H,1-8H3. The second-order valence-corrected chi connectivity index (χ2v) is 20.4. The Morgan fingerprint density at radius 1 is 0.424 bits per heavy atom. The van der Waals surface area contributed by atoms with Crippen molar-refractivity contribution in [3.8, 4) is 11.1 Å². The molecule has 0 atom stereocenters. The summed E-state index contributed by atoms with van der Waals surface area (Å²) < 4.78 is 0. The molecule has 0 fully saturated rings. The van der Waals surface area contributed by atoms with E-state index in [2.05, 4.69) is 264 Å². The van der Waals surface area contributed by atoms with Gasteiger partial charge in [0.25, 0.3) is 6.71 Å². The topological polar surface area (TPSA) is 9.72 Å². The SMILES string of the molecule is Cc1ccc2c(c1)B1c3cc(C)ccc3N(c3ccc(C(C)(C)C)cc3)c3cc(N(c4ccccc4-c4ccccc4)c4cccc5ccccc45)cc(c31)N2c1ccc(C(C)(C)C)cc1. The molecular formula is C62H56BN3. The van der Waals surface area contributed by atoms with E-state index in [4.69, 9.17) is 0 Å². The highest BCUT2D eigenvalue weighted by atomic mass is 15.2. The third kappa shape index (κ3) is 6.99. The molecule has 0 amide bonds. The minimum absolute atomic E-state index is 0.00616. The first kappa shape index (κ1) is 41.4. The second kappa shape index (κ2) is 15.7. The minimum Gasteiger partial charge on any atom is -0.311 e. The second-order valence-electron chi connectivity index (χ2n) is 20.4. The Morgan fingerprint density at radius 3 is 1.47 bits per heavy atom. The molecule has 2 aliphatic rings. The van der Waals surface area contributed by atoms with Gasteiger partial charge in [-0.15, -0.1) is 0 Å². The lowest BCUT2D eigenvalue weighted by molar-refractivity contribution is 0.590. The quantitative estimate of drug-likeness (QED) is 0.154. The molecule has 322 valence electrons. The van der Waals surface area contributed by atoms with Crippen molar-refractivity contribution in [2.24, 2.45) is 0 Å². The Morgan fingerprint density at radius 2 is 0.909 bits per heavy atom. The summed E-state index contributed by atoms with van der Waals surface area (Å²) in [6.07, 6.45) is 0. The Bertz CT molecular complexity index is 3160. The van der Waals surface area contributed by atoms with Crippen LogP contribution in [0, 0.1) is 13.8 Å². The number of hydrogen-bond acceptors (Lipinski definition) is 3. The molecule has 3 nitrogen and oxygen atoms in total. The van der Waals surface area contributed by atoms with E-state index in [1.54, 1.807) is 0 Å². The van der Waals surface area contributed by atoms with Crippen LogP contribution < -0.4 is 31.1 Å². The van der Waals surface area contributed by atoms with Crippen LogP contribution >= 0.6 is 0 Å². The Balaban J connectivity index is 1.28. The normalized spacial score (nSPS) is 13.1. The molecule has 0 saturated heterocycles. The van der Waals surface area contributed by atoms with E-state index < -0.39 is 0 Å². The zero-order valence-electron chi connectivity index (χ0n) is 39.4. The monoisotopic (exact) mass is 853 g/mol. The molecule has 2 heterocycles. The van der Waals surface area contributed by atoms with Crippen molar-refractivity contribution < 1.29 is 0 Å². The highest BCUT2D eigenvalue weighted by Crippen LogP contribution is 2.50. The molecule has 0 unspecified atom stereocenters. The molecule has 9 aromatic rings. The molecular weight excluding hydrogens is 798 g/mol. The van der Waals surface area contributed by atoms with Crippen LogP contribution in [0.3, 0.4) is 0 Å². The summed E-state index contributed by atoms with van der Waals surface area (Å²) in [4.78, 5) is 7.62. The fourth-order valence-electron chi connectivity index (χ4n) is 10.5. The van der Waals surface area contributed by atoms with Gasteiger partial charge in [0.2, 0.25) is 0 Å². The fraction of sp³-hybridized carbons (Fsp3) is 0.161. The molecule has 0 spiro atoms. The largest absolute Gasteiger partial charge is 0.311 e. The lowest BCUT2D eigenvalue weighted by Gasteiger charge is -2.45. The molecule has 66 heavy (non-hydrogen) atoms. The van der Waals surface area contributed by atoms with Crippen molar-refractivity contribution in [3.05, 3.63) is 216 Å². The van der Waals surface area contributed by atoms with Crippen LogP contribution in [0.5, 0.6) is 0 Å². The predicted molar refractivity (Wildman–Crippen MR) is 285 cm³/mol. The summed E-state index contributed by atoms with van der Waals surface area (Å²) in [5.74, 6) is 0. The number of para-hydroxylation sites is 1. The Kier molecular flexibility index (Phi) is 9.85. The van der Waals surface area contributed by atoms with Gasteiger partial charge in [0.15, 0.2) is 0 Å². The van der Waals surface area contributed by atoms with E-state index in [0.717, 1.165) is 28.4 Å². The van der Waals surface area contributed by atoms with Crippen LogP contribution in [0.15, 0.2) is 194 Å². The average molecular weight is 854 g/mol. The summed E-state index contributed by atoms with van der Waals surface area (Å²) in [5, 5.41) is 2.39. The molecule has 11 rings (SSSR count). The Hall–Kier alpha value is -7.30. The number of rotatable bonds is 6. The lowest BCUT2D eigenvalue weighted by atomic mass is 9.33. The molecule has 0 bridgehead atoms. The summed E-state index contributed by atoms with van der Waals surface area (Å²) in [5.41, 5.74) is 21.9. The van der Waals surface area contributed by atoms with Crippen LogP contribution in [0.25, 0.3) is 21.9 Å².